The minimum absolute atomic E-state index is 0.0650. The van der Waals surface area contributed by atoms with Crippen molar-refractivity contribution in [1.29, 1.82) is 0 Å². The first-order valence-corrected chi connectivity index (χ1v) is 16.7. The molecule has 7 aromatic rings. The van der Waals surface area contributed by atoms with Gasteiger partial charge in [-0.15, -0.1) is 0 Å². The van der Waals surface area contributed by atoms with E-state index in [2.05, 4.69) is 10.3 Å². The smallest absolute Gasteiger partial charge is 0.259 e. The van der Waals surface area contributed by atoms with Gasteiger partial charge in [-0.3, -0.25) is 14.9 Å². The van der Waals surface area contributed by atoms with Gasteiger partial charge in [-0.2, -0.15) is 0 Å². The van der Waals surface area contributed by atoms with E-state index in [0.29, 0.717) is 50.0 Å². The Hall–Kier alpha value is -5.46. The summed E-state index contributed by atoms with van der Waals surface area (Å²) < 4.78 is 51.7. The van der Waals surface area contributed by atoms with Gasteiger partial charge in [0.15, 0.2) is 6.23 Å². The zero-order chi connectivity index (χ0) is 34.8. The predicted molar refractivity (Wildman–Crippen MR) is 186 cm³/mol. The van der Waals surface area contributed by atoms with Gasteiger partial charge in [-0.1, -0.05) is 60.7 Å². The topological polar surface area (TPSA) is 115 Å². The van der Waals surface area contributed by atoms with Gasteiger partial charge in [0, 0.05) is 33.5 Å². The highest BCUT2D eigenvalue weighted by atomic mass is 19.1. The van der Waals surface area contributed by atoms with Gasteiger partial charge < -0.3 is 28.9 Å². The second-order valence-electron chi connectivity index (χ2n) is 13.0. The highest BCUT2D eigenvalue weighted by Gasteiger charge is 2.44. The summed E-state index contributed by atoms with van der Waals surface area (Å²) in [6.45, 7) is 0.166. The molecule has 11 heteroatoms. The number of halogens is 2. The van der Waals surface area contributed by atoms with Crippen LogP contribution in [-0.4, -0.2) is 51.4 Å². The van der Waals surface area contributed by atoms with E-state index < -0.39 is 48.0 Å². The Kier molecular flexibility index (Phi) is 7.66. The van der Waals surface area contributed by atoms with Crippen molar-refractivity contribution >= 4 is 55.4 Å². The van der Waals surface area contributed by atoms with Crippen molar-refractivity contribution in [3.8, 4) is 0 Å². The summed E-state index contributed by atoms with van der Waals surface area (Å²) in [6.07, 6.45) is -2.69. The van der Waals surface area contributed by atoms with Crippen LogP contribution in [0.15, 0.2) is 97.1 Å². The molecule has 4 heterocycles. The average Bonchev–Trinajstić information content (AvgIpc) is 3.78. The monoisotopic (exact) mass is 687 g/mol. The number of rotatable bonds is 8. The Labute approximate surface area is 289 Å². The van der Waals surface area contributed by atoms with Crippen molar-refractivity contribution in [1.82, 2.24) is 14.9 Å². The third kappa shape index (κ3) is 5.20. The fraction of sp³-hybridized carbons (Fsp3) is 0.200. The Morgan fingerprint density at radius 3 is 2.10 bits per heavy atom. The SMILES string of the molecule is O=C1NC(=O)c2c1c1c3cc(F)ccc3[nH]c1c1c2c2cc(F)ccc2n1[C@@H]1O[C@H](CO)C[C@H](OCc2ccccc2)[C@H]1OCc1ccccc1. The Bertz CT molecular complexity index is 2500. The first-order chi connectivity index (χ1) is 24.9. The van der Waals surface area contributed by atoms with Crippen LogP contribution in [0.1, 0.15) is 44.5 Å². The maximum absolute atomic E-state index is 15.2. The van der Waals surface area contributed by atoms with Crippen molar-refractivity contribution in [2.45, 2.75) is 44.2 Å². The van der Waals surface area contributed by atoms with Crippen molar-refractivity contribution in [3.63, 3.8) is 0 Å². The molecule has 1 saturated heterocycles. The average molecular weight is 688 g/mol. The summed E-state index contributed by atoms with van der Waals surface area (Å²) >= 11 is 0. The minimum atomic E-state index is -0.976. The molecule has 9 nitrogen and oxygen atoms in total. The summed E-state index contributed by atoms with van der Waals surface area (Å²) in [4.78, 5) is 30.5. The van der Waals surface area contributed by atoms with E-state index in [0.717, 1.165) is 11.1 Å². The largest absolute Gasteiger partial charge is 0.394 e. The molecule has 256 valence electrons. The molecular weight excluding hydrogens is 656 g/mol. The number of amides is 2. The number of aliphatic hydroxyl groups excluding tert-OH is 1. The number of H-pyrrole nitrogens is 1. The predicted octanol–water partition coefficient (Wildman–Crippen LogP) is 7.04. The molecule has 0 radical (unpaired) electrons. The zero-order valence-electron chi connectivity index (χ0n) is 27.1. The normalized spacial score (nSPS) is 20.5. The quantitative estimate of drug-likeness (QED) is 0.148. The molecule has 0 unspecified atom stereocenters. The number of hydrogen-bond acceptors (Lipinski definition) is 6. The van der Waals surface area contributed by atoms with Crippen LogP contribution in [0, 0.1) is 11.6 Å². The number of aliphatic hydroxyl groups is 1. The number of hydrogen-bond donors (Lipinski definition) is 3. The fourth-order valence-corrected chi connectivity index (χ4v) is 7.71. The number of nitrogens with zero attached hydrogens (tertiary/aromatic N) is 1. The number of nitrogens with one attached hydrogen (secondary N) is 2. The van der Waals surface area contributed by atoms with E-state index in [1.165, 1.54) is 24.3 Å². The van der Waals surface area contributed by atoms with Crippen LogP contribution in [-0.2, 0) is 27.4 Å². The highest BCUT2D eigenvalue weighted by Crippen LogP contribution is 2.47. The maximum Gasteiger partial charge on any atom is 0.259 e. The molecule has 2 aromatic heterocycles. The molecule has 2 amide bonds. The standard InChI is InChI=1S/C40H31F2N3O6/c41-23-11-13-28-26(15-23)31-33-34(39(48)44-38(33)47)32-27-16-24(42)12-14-29(27)45(36(32)35(31)43-28)40-37(50-20-22-9-5-2-6-10-22)30(17-25(18-46)51-40)49-19-21-7-3-1-4-8-21/h1-16,25,30,37,40,43,46H,17-20H2,(H,44,47,48)/t25-,30-,37+,40+/m0/s1. The Morgan fingerprint density at radius 2 is 1.41 bits per heavy atom. The van der Waals surface area contributed by atoms with Gasteiger partial charge in [0.05, 0.1) is 59.7 Å². The van der Waals surface area contributed by atoms with Gasteiger partial charge in [0.1, 0.15) is 17.7 Å². The third-order valence-corrected chi connectivity index (χ3v) is 9.92. The molecule has 2 aliphatic rings. The molecule has 9 rings (SSSR count). The number of imide groups is 1. The lowest BCUT2D eigenvalue weighted by atomic mass is 9.96. The lowest BCUT2D eigenvalue weighted by molar-refractivity contribution is -0.235. The van der Waals surface area contributed by atoms with Crippen molar-refractivity contribution < 1.29 is 37.7 Å². The molecule has 4 atom stereocenters. The Balaban J connectivity index is 1.32. The van der Waals surface area contributed by atoms with Crippen LogP contribution in [0.4, 0.5) is 8.78 Å². The second-order valence-corrected chi connectivity index (χ2v) is 13.0. The molecule has 1 fully saturated rings. The van der Waals surface area contributed by atoms with E-state index in [1.807, 2.05) is 65.2 Å². The number of ether oxygens (including phenoxy) is 3. The van der Waals surface area contributed by atoms with E-state index in [1.54, 1.807) is 12.1 Å². The number of carbonyl (C=O) groups is 2. The van der Waals surface area contributed by atoms with Crippen LogP contribution in [0.25, 0.3) is 43.6 Å². The van der Waals surface area contributed by atoms with Crippen LogP contribution in [0.3, 0.4) is 0 Å². The molecule has 0 saturated carbocycles. The molecule has 0 bridgehead atoms. The summed E-state index contributed by atoms with van der Waals surface area (Å²) in [5.41, 5.74) is 3.92. The Morgan fingerprint density at radius 1 is 0.784 bits per heavy atom. The van der Waals surface area contributed by atoms with Crippen molar-refractivity contribution in [2.75, 3.05) is 6.61 Å². The van der Waals surface area contributed by atoms with Crippen molar-refractivity contribution in [2.24, 2.45) is 0 Å². The highest BCUT2D eigenvalue weighted by molar-refractivity contribution is 6.39. The summed E-state index contributed by atoms with van der Waals surface area (Å²) in [5, 5.41) is 14.4. The number of aromatic nitrogens is 2. The van der Waals surface area contributed by atoms with E-state index in [-0.39, 0.29) is 30.9 Å². The van der Waals surface area contributed by atoms with E-state index >= 15 is 4.39 Å². The van der Waals surface area contributed by atoms with Crippen LogP contribution in [0.5, 0.6) is 0 Å². The van der Waals surface area contributed by atoms with E-state index in [9.17, 15) is 19.1 Å². The summed E-state index contributed by atoms with van der Waals surface area (Å²) in [5.74, 6) is -2.33. The molecule has 3 N–H and O–H groups in total. The number of fused-ring (bicyclic) bond motifs is 10. The van der Waals surface area contributed by atoms with Gasteiger partial charge >= 0.3 is 0 Å². The first kappa shape index (κ1) is 31.5. The number of benzene rings is 5. The van der Waals surface area contributed by atoms with Gasteiger partial charge in [-0.05, 0) is 47.5 Å². The van der Waals surface area contributed by atoms with Gasteiger partial charge in [0.2, 0.25) is 0 Å². The zero-order valence-corrected chi connectivity index (χ0v) is 27.1. The fourth-order valence-electron chi connectivity index (χ4n) is 7.71. The molecule has 51 heavy (non-hydrogen) atoms. The molecule has 0 spiro atoms. The summed E-state index contributed by atoms with van der Waals surface area (Å²) in [6, 6.07) is 27.8. The molecule has 5 aromatic carbocycles. The van der Waals surface area contributed by atoms with E-state index in [4.69, 9.17) is 14.2 Å². The minimum Gasteiger partial charge on any atom is -0.394 e. The molecule has 0 aliphatic carbocycles. The first-order valence-electron chi connectivity index (χ1n) is 16.7. The van der Waals surface area contributed by atoms with Crippen LogP contribution in [0.2, 0.25) is 0 Å². The number of carbonyl (C=O) groups excluding carboxylic acids is 2. The number of aromatic amines is 1. The second kappa shape index (κ2) is 12.4. The van der Waals surface area contributed by atoms with Gasteiger partial charge in [-0.25, -0.2) is 8.78 Å². The molecule has 2 aliphatic heterocycles. The van der Waals surface area contributed by atoms with Crippen LogP contribution >= 0.6 is 0 Å². The van der Waals surface area contributed by atoms with Crippen LogP contribution < -0.4 is 5.32 Å². The lowest BCUT2D eigenvalue weighted by Gasteiger charge is -2.42. The van der Waals surface area contributed by atoms with Crippen molar-refractivity contribution in [3.05, 3.63) is 131 Å². The maximum atomic E-state index is 15.2. The summed E-state index contributed by atoms with van der Waals surface area (Å²) in [7, 11) is 0. The molecular formula is C40H31F2N3O6. The lowest BCUT2D eigenvalue weighted by Crippen LogP contribution is -2.49. The third-order valence-electron chi connectivity index (χ3n) is 9.92. The van der Waals surface area contributed by atoms with Gasteiger partial charge in [0.25, 0.3) is 11.8 Å².